The molecule has 0 aliphatic heterocycles. The van der Waals surface area contributed by atoms with Crippen molar-refractivity contribution in [2.45, 2.75) is 18.6 Å². The van der Waals surface area contributed by atoms with Gasteiger partial charge in [0.15, 0.2) is 0 Å². The van der Waals surface area contributed by atoms with Gasteiger partial charge in [0.25, 0.3) is 0 Å². The van der Waals surface area contributed by atoms with Crippen molar-refractivity contribution in [1.29, 1.82) is 0 Å². The number of rotatable bonds is 6. The number of ether oxygens (including phenoxy) is 1. The van der Waals surface area contributed by atoms with Gasteiger partial charge in [-0.2, -0.15) is 12.6 Å². The maximum absolute atomic E-state index is 10.7. The summed E-state index contributed by atoms with van der Waals surface area (Å²) < 4.78 is 5.02. The van der Waals surface area contributed by atoms with Crippen molar-refractivity contribution in [3.63, 3.8) is 0 Å². The highest BCUT2D eigenvalue weighted by atomic mass is 32.1. The topological polar surface area (TPSA) is 87.0 Å². The van der Waals surface area contributed by atoms with Crippen LogP contribution < -0.4 is 4.74 Å². The second-order valence-corrected chi connectivity index (χ2v) is 4.20. The second-order valence-electron chi connectivity index (χ2n) is 3.83. The lowest BCUT2D eigenvalue weighted by atomic mass is 9.97. The lowest BCUT2D eigenvalue weighted by Gasteiger charge is -2.19. The van der Waals surface area contributed by atoms with Crippen molar-refractivity contribution in [1.82, 2.24) is 0 Å². The molecule has 100 valence electrons. The fourth-order valence-electron chi connectivity index (χ4n) is 1.61. The van der Waals surface area contributed by atoms with Crippen LogP contribution in [0.5, 0.6) is 5.75 Å². The monoisotopic (exact) mass is 272 g/mol. The first-order valence-electron chi connectivity index (χ1n) is 5.35. The van der Waals surface area contributed by atoms with Crippen LogP contribution in [0.25, 0.3) is 0 Å². The van der Waals surface area contributed by atoms with Crippen LogP contribution >= 0.6 is 12.6 Å². The van der Waals surface area contributed by atoms with Crippen LogP contribution in [0.4, 0.5) is 0 Å². The molecule has 1 aromatic carbocycles. The summed E-state index contributed by atoms with van der Waals surface area (Å²) in [4.78, 5) is 10.7. The van der Waals surface area contributed by atoms with Crippen LogP contribution in [-0.2, 0) is 11.2 Å². The fraction of sp³-hybridized carbons (Fsp3) is 0.417. The summed E-state index contributed by atoms with van der Waals surface area (Å²) in [6, 6.07) is 4.70. The van der Waals surface area contributed by atoms with Gasteiger partial charge in [-0.15, -0.1) is 0 Å². The van der Waals surface area contributed by atoms with E-state index in [0.717, 1.165) is 0 Å². The molecule has 1 rings (SSSR count). The highest BCUT2D eigenvalue weighted by molar-refractivity contribution is 7.80. The number of hydrogen-bond donors (Lipinski definition) is 4. The molecule has 0 amide bonds. The molecule has 0 heterocycles. The molecular formula is C12H16O5S. The number of hydrogen-bond acceptors (Lipinski definition) is 5. The van der Waals surface area contributed by atoms with E-state index in [4.69, 9.17) is 9.84 Å². The average Bonchev–Trinajstić information content (AvgIpc) is 2.36. The van der Waals surface area contributed by atoms with E-state index in [1.165, 1.54) is 13.2 Å². The van der Waals surface area contributed by atoms with Gasteiger partial charge in [-0.05, 0) is 23.3 Å². The van der Waals surface area contributed by atoms with Gasteiger partial charge in [-0.25, -0.2) is 0 Å². The van der Waals surface area contributed by atoms with Gasteiger partial charge in [0.05, 0.1) is 19.6 Å². The van der Waals surface area contributed by atoms with Crippen LogP contribution in [0.3, 0.4) is 0 Å². The number of carboxylic acids is 1. The number of methoxy groups -OCH3 is 1. The number of benzene rings is 1. The summed E-state index contributed by atoms with van der Waals surface area (Å²) in [7, 11) is 1.47. The minimum atomic E-state index is -1.19. The Morgan fingerprint density at radius 1 is 1.44 bits per heavy atom. The van der Waals surface area contributed by atoms with Gasteiger partial charge >= 0.3 is 5.97 Å². The summed E-state index contributed by atoms with van der Waals surface area (Å²) >= 11 is 3.90. The highest BCUT2D eigenvalue weighted by Crippen LogP contribution is 2.26. The Hall–Kier alpha value is -1.24. The Balaban J connectivity index is 3.14. The molecule has 0 bridgehead atoms. The normalized spacial score (nSPS) is 14.0. The minimum Gasteiger partial charge on any atom is -0.497 e. The standard InChI is InChI=1S/C12H16O5S/c1-17-8-3-2-7(4-11(14)15)9(5-8)12(16)10(13)6-18/h2-3,5,10,12-13,16,18H,4,6H2,1H3,(H,14,15). The van der Waals surface area contributed by atoms with Crippen LogP contribution in [0, 0.1) is 0 Å². The molecule has 0 radical (unpaired) electrons. The zero-order valence-electron chi connectivity index (χ0n) is 9.91. The molecule has 0 aliphatic carbocycles. The maximum Gasteiger partial charge on any atom is 0.307 e. The third kappa shape index (κ3) is 3.63. The Kier molecular flexibility index (Phi) is 5.46. The number of carbonyl (C=O) groups is 1. The van der Waals surface area contributed by atoms with E-state index in [1.807, 2.05) is 0 Å². The van der Waals surface area contributed by atoms with E-state index < -0.39 is 18.2 Å². The smallest absolute Gasteiger partial charge is 0.307 e. The number of carboxylic acid groups (broad SMARTS) is 1. The van der Waals surface area contributed by atoms with Crippen LogP contribution in [-0.4, -0.2) is 40.3 Å². The van der Waals surface area contributed by atoms with Gasteiger partial charge in [-0.1, -0.05) is 6.07 Å². The van der Waals surface area contributed by atoms with Crippen molar-refractivity contribution in [3.8, 4) is 5.75 Å². The summed E-state index contributed by atoms with van der Waals surface area (Å²) in [6.45, 7) is 0. The van der Waals surface area contributed by atoms with Crippen molar-refractivity contribution in [2.75, 3.05) is 12.9 Å². The molecule has 2 atom stereocenters. The van der Waals surface area contributed by atoms with E-state index >= 15 is 0 Å². The average molecular weight is 272 g/mol. The zero-order valence-corrected chi connectivity index (χ0v) is 10.8. The molecule has 6 heteroatoms. The molecule has 0 saturated carbocycles. The zero-order chi connectivity index (χ0) is 13.7. The van der Waals surface area contributed by atoms with E-state index in [1.54, 1.807) is 12.1 Å². The molecular weight excluding hydrogens is 256 g/mol. The predicted octanol–water partition coefficient (Wildman–Crippen LogP) is 0.646. The molecule has 0 saturated heterocycles. The molecule has 3 N–H and O–H groups in total. The summed E-state index contributed by atoms with van der Waals surface area (Å²) in [5.74, 6) is -0.441. The SMILES string of the molecule is COc1ccc(CC(=O)O)c(C(O)C(O)CS)c1. The van der Waals surface area contributed by atoms with E-state index in [0.29, 0.717) is 16.9 Å². The third-order valence-corrected chi connectivity index (χ3v) is 2.94. The summed E-state index contributed by atoms with van der Waals surface area (Å²) in [5, 5.41) is 28.3. The van der Waals surface area contributed by atoms with Crippen molar-refractivity contribution in [2.24, 2.45) is 0 Å². The van der Waals surface area contributed by atoms with Crippen LogP contribution in [0.15, 0.2) is 18.2 Å². The van der Waals surface area contributed by atoms with Crippen molar-refractivity contribution < 1.29 is 24.9 Å². The van der Waals surface area contributed by atoms with Crippen molar-refractivity contribution in [3.05, 3.63) is 29.3 Å². The summed E-state index contributed by atoms with van der Waals surface area (Å²) in [5.41, 5.74) is 0.787. The molecule has 0 aromatic heterocycles. The predicted molar refractivity (Wildman–Crippen MR) is 69.2 cm³/mol. The highest BCUT2D eigenvalue weighted by Gasteiger charge is 2.21. The Morgan fingerprint density at radius 3 is 2.61 bits per heavy atom. The molecule has 2 unspecified atom stereocenters. The van der Waals surface area contributed by atoms with Gasteiger partial charge in [-0.3, -0.25) is 4.79 Å². The van der Waals surface area contributed by atoms with Crippen molar-refractivity contribution >= 4 is 18.6 Å². The number of aliphatic carboxylic acids is 1. The molecule has 5 nitrogen and oxygen atoms in total. The number of aliphatic hydroxyl groups excluding tert-OH is 2. The van der Waals surface area contributed by atoms with Gasteiger partial charge < -0.3 is 20.1 Å². The lowest BCUT2D eigenvalue weighted by Crippen LogP contribution is -2.21. The summed E-state index contributed by atoms with van der Waals surface area (Å²) in [6.07, 6.45) is -2.48. The maximum atomic E-state index is 10.7. The number of thiol groups is 1. The van der Waals surface area contributed by atoms with Gasteiger partial charge in [0, 0.05) is 5.75 Å². The second kappa shape index (κ2) is 6.63. The molecule has 18 heavy (non-hydrogen) atoms. The van der Waals surface area contributed by atoms with E-state index in [-0.39, 0.29) is 12.2 Å². The van der Waals surface area contributed by atoms with Crippen LogP contribution in [0.1, 0.15) is 17.2 Å². The van der Waals surface area contributed by atoms with E-state index in [2.05, 4.69) is 12.6 Å². The first kappa shape index (κ1) is 14.8. The molecule has 0 fully saturated rings. The molecule has 0 aliphatic rings. The first-order valence-corrected chi connectivity index (χ1v) is 5.98. The molecule has 0 spiro atoms. The first-order chi connectivity index (χ1) is 8.49. The third-order valence-electron chi connectivity index (χ3n) is 2.56. The van der Waals surface area contributed by atoms with E-state index in [9.17, 15) is 15.0 Å². The Bertz CT molecular complexity index is 421. The number of aliphatic hydroxyl groups is 2. The van der Waals surface area contributed by atoms with Crippen LogP contribution in [0.2, 0.25) is 0 Å². The van der Waals surface area contributed by atoms with Gasteiger partial charge in [0.2, 0.25) is 0 Å². The largest absolute Gasteiger partial charge is 0.497 e. The minimum absolute atomic E-state index is 0.0743. The van der Waals surface area contributed by atoms with Gasteiger partial charge in [0.1, 0.15) is 11.9 Å². The Morgan fingerprint density at radius 2 is 2.11 bits per heavy atom. The quantitative estimate of drug-likeness (QED) is 0.571. The molecule has 1 aromatic rings. The lowest BCUT2D eigenvalue weighted by molar-refractivity contribution is -0.136. The Labute approximate surface area is 110 Å². The fourth-order valence-corrected chi connectivity index (χ4v) is 1.81.